The molecule has 0 N–H and O–H groups in total. The Kier molecular flexibility index (Phi) is 4.75. The number of carbonyl (C=O) groups is 1. The van der Waals surface area contributed by atoms with Crippen molar-refractivity contribution in [2.75, 3.05) is 31.1 Å². The highest BCUT2D eigenvalue weighted by molar-refractivity contribution is 6.04. The molecule has 1 atom stereocenters. The van der Waals surface area contributed by atoms with Gasteiger partial charge in [0.1, 0.15) is 11.6 Å². The van der Waals surface area contributed by atoms with Crippen LogP contribution in [0.4, 0.5) is 14.5 Å². The first kappa shape index (κ1) is 17.5. The summed E-state index contributed by atoms with van der Waals surface area (Å²) in [6, 6.07) is 12.4. The van der Waals surface area contributed by atoms with Crippen molar-refractivity contribution in [2.45, 2.75) is 12.5 Å². The maximum absolute atomic E-state index is 13.1. The number of oxime groups is 1. The molecule has 0 spiro atoms. The van der Waals surface area contributed by atoms with Crippen molar-refractivity contribution in [3.63, 3.8) is 0 Å². The number of benzene rings is 2. The van der Waals surface area contributed by atoms with Crippen LogP contribution in [0.15, 0.2) is 53.7 Å². The number of nitrogens with zero attached hydrogens (tertiary/aromatic N) is 3. The molecule has 5 nitrogen and oxygen atoms in total. The number of rotatable bonds is 3. The van der Waals surface area contributed by atoms with Gasteiger partial charge in [-0.15, -0.1) is 0 Å². The molecule has 0 aromatic heterocycles. The van der Waals surface area contributed by atoms with Gasteiger partial charge >= 0.3 is 0 Å². The molecule has 0 unspecified atom stereocenters. The lowest BCUT2D eigenvalue weighted by atomic mass is 10.0. The van der Waals surface area contributed by atoms with Crippen LogP contribution < -0.4 is 4.90 Å². The minimum atomic E-state index is -0.637. The average molecular weight is 371 g/mol. The number of amides is 1. The maximum Gasteiger partial charge on any atom is 0.267 e. The SMILES string of the molecule is O=C([C@H]1CC(c2ccc(F)cc2)=NO1)N1CCN(c2ccc(F)cc2)CC1. The highest BCUT2D eigenvalue weighted by atomic mass is 19.1. The van der Waals surface area contributed by atoms with Crippen LogP contribution in [-0.2, 0) is 9.63 Å². The quantitative estimate of drug-likeness (QED) is 0.834. The lowest BCUT2D eigenvalue weighted by Gasteiger charge is -2.36. The van der Waals surface area contributed by atoms with Crippen LogP contribution in [0.3, 0.4) is 0 Å². The van der Waals surface area contributed by atoms with Crippen molar-refractivity contribution >= 4 is 17.3 Å². The third kappa shape index (κ3) is 3.77. The number of halogens is 2. The third-order valence-electron chi connectivity index (χ3n) is 4.90. The summed E-state index contributed by atoms with van der Waals surface area (Å²) >= 11 is 0. The van der Waals surface area contributed by atoms with E-state index < -0.39 is 6.10 Å². The van der Waals surface area contributed by atoms with E-state index in [4.69, 9.17) is 4.84 Å². The molecule has 2 heterocycles. The first-order chi connectivity index (χ1) is 13.1. The molecule has 4 rings (SSSR count). The molecule has 0 saturated carbocycles. The Balaban J connectivity index is 1.32. The molecule has 2 aromatic rings. The summed E-state index contributed by atoms with van der Waals surface area (Å²) in [6.07, 6.45) is -0.259. The minimum absolute atomic E-state index is 0.0883. The summed E-state index contributed by atoms with van der Waals surface area (Å²) in [5, 5.41) is 4.00. The van der Waals surface area contributed by atoms with E-state index in [1.54, 1.807) is 29.2 Å². The molecule has 7 heteroatoms. The predicted molar refractivity (Wildman–Crippen MR) is 97.6 cm³/mol. The molecule has 0 bridgehead atoms. The van der Waals surface area contributed by atoms with Gasteiger partial charge in [-0.05, 0) is 42.0 Å². The van der Waals surface area contributed by atoms with Gasteiger partial charge in [0.2, 0.25) is 6.10 Å². The van der Waals surface area contributed by atoms with Gasteiger partial charge in [0, 0.05) is 38.3 Å². The number of hydrogen-bond donors (Lipinski definition) is 0. The second-order valence-corrected chi connectivity index (χ2v) is 6.63. The van der Waals surface area contributed by atoms with Gasteiger partial charge in [0.25, 0.3) is 5.91 Å². The molecule has 2 aliphatic heterocycles. The zero-order chi connectivity index (χ0) is 18.8. The Morgan fingerprint density at radius 3 is 2.15 bits per heavy atom. The van der Waals surface area contributed by atoms with Crippen molar-refractivity contribution < 1.29 is 18.4 Å². The van der Waals surface area contributed by atoms with Crippen LogP contribution in [0.1, 0.15) is 12.0 Å². The Morgan fingerprint density at radius 2 is 1.52 bits per heavy atom. The summed E-state index contributed by atoms with van der Waals surface area (Å²) in [5.74, 6) is -0.664. The van der Waals surface area contributed by atoms with Gasteiger partial charge < -0.3 is 14.6 Å². The second kappa shape index (κ2) is 7.34. The maximum atomic E-state index is 13.1. The summed E-state index contributed by atoms with van der Waals surface area (Å²) < 4.78 is 26.1. The molecule has 1 saturated heterocycles. The fourth-order valence-electron chi connectivity index (χ4n) is 3.36. The highest BCUT2D eigenvalue weighted by Crippen LogP contribution is 2.21. The normalized spacial score (nSPS) is 19.6. The summed E-state index contributed by atoms with van der Waals surface area (Å²) in [5.41, 5.74) is 2.36. The topological polar surface area (TPSA) is 45.1 Å². The fraction of sp³-hybridized carbons (Fsp3) is 0.300. The van der Waals surface area contributed by atoms with Gasteiger partial charge in [-0.3, -0.25) is 4.79 Å². The van der Waals surface area contributed by atoms with E-state index in [1.165, 1.54) is 24.3 Å². The average Bonchev–Trinajstić information content (AvgIpc) is 3.19. The third-order valence-corrected chi connectivity index (χ3v) is 4.90. The Labute approximate surface area is 155 Å². The Morgan fingerprint density at radius 1 is 0.926 bits per heavy atom. The van der Waals surface area contributed by atoms with Crippen LogP contribution >= 0.6 is 0 Å². The molecule has 2 aromatic carbocycles. The van der Waals surface area contributed by atoms with E-state index in [9.17, 15) is 13.6 Å². The number of piperazine rings is 1. The smallest absolute Gasteiger partial charge is 0.267 e. The van der Waals surface area contributed by atoms with Crippen molar-refractivity contribution in [1.82, 2.24) is 4.90 Å². The molecule has 1 amide bonds. The van der Waals surface area contributed by atoms with Gasteiger partial charge in [0.15, 0.2) is 0 Å². The number of hydrogen-bond acceptors (Lipinski definition) is 4. The lowest BCUT2D eigenvalue weighted by Crippen LogP contribution is -2.51. The first-order valence-corrected chi connectivity index (χ1v) is 8.88. The minimum Gasteiger partial charge on any atom is -0.382 e. The summed E-state index contributed by atoms with van der Waals surface area (Å²) in [7, 11) is 0. The molecule has 0 aliphatic carbocycles. The largest absolute Gasteiger partial charge is 0.382 e. The van der Waals surface area contributed by atoms with E-state index in [0.29, 0.717) is 38.3 Å². The van der Waals surface area contributed by atoms with E-state index in [0.717, 1.165) is 11.3 Å². The summed E-state index contributed by atoms with van der Waals surface area (Å²) in [6.45, 7) is 2.50. The van der Waals surface area contributed by atoms with Crippen molar-refractivity contribution in [3.8, 4) is 0 Å². The van der Waals surface area contributed by atoms with Crippen LogP contribution in [0.25, 0.3) is 0 Å². The Hall–Kier alpha value is -2.96. The molecule has 140 valence electrons. The predicted octanol–water partition coefficient (Wildman–Crippen LogP) is 2.81. The van der Waals surface area contributed by atoms with Crippen molar-refractivity contribution in [2.24, 2.45) is 5.16 Å². The monoisotopic (exact) mass is 371 g/mol. The first-order valence-electron chi connectivity index (χ1n) is 8.88. The van der Waals surface area contributed by atoms with E-state index >= 15 is 0 Å². The molecule has 27 heavy (non-hydrogen) atoms. The van der Waals surface area contributed by atoms with Crippen LogP contribution in [0.5, 0.6) is 0 Å². The van der Waals surface area contributed by atoms with E-state index in [1.807, 2.05) is 0 Å². The van der Waals surface area contributed by atoms with Crippen LogP contribution in [0.2, 0.25) is 0 Å². The van der Waals surface area contributed by atoms with E-state index in [-0.39, 0.29) is 17.5 Å². The van der Waals surface area contributed by atoms with Gasteiger partial charge in [0.05, 0.1) is 5.71 Å². The zero-order valence-electron chi connectivity index (χ0n) is 14.6. The van der Waals surface area contributed by atoms with Gasteiger partial charge in [-0.1, -0.05) is 17.3 Å². The highest BCUT2D eigenvalue weighted by Gasteiger charge is 2.33. The van der Waals surface area contributed by atoms with Crippen LogP contribution in [-0.4, -0.2) is 48.8 Å². The Bertz CT molecular complexity index is 845. The standard InChI is InChI=1S/C20H19F2N3O2/c21-15-3-1-14(2-4-15)18-13-19(27-23-18)20(26)25-11-9-24(10-12-25)17-7-5-16(22)6-8-17/h1-8,19H,9-13H2/t19-/m1/s1. The lowest BCUT2D eigenvalue weighted by molar-refractivity contribution is -0.142. The molecular formula is C20H19F2N3O2. The van der Waals surface area contributed by atoms with Gasteiger partial charge in [-0.2, -0.15) is 0 Å². The molecule has 1 fully saturated rings. The van der Waals surface area contributed by atoms with Crippen LogP contribution in [0, 0.1) is 11.6 Å². The van der Waals surface area contributed by atoms with Crippen molar-refractivity contribution in [3.05, 3.63) is 65.7 Å². The second-order valence-electron chi connectivity index (χ2n) is 6.63. The molecule has 2 aliphatic rings. The van der Waals surface area contributed by atoms with E-state index in [2.05, 4.69) is 10.1 Å². The molecular weight excluding hydrogens is 352 g/mol. The van der Waals surface area contributed by atoms with Crippen molar-refractivity contribution in [1.29, 1.82) is 0 Å². The number of carbonyl (C=O) groups excluding carboxylic acids is 1. The summed E-state index contributed by atoms with van der Waals surface area (Å²) in [4.78, 5) is 22.0. The zero-order valence-corrected chi connectivity index (χ0v) is 14.6. The molecule has 0 radical (unpaired) electrons. The fourth-order valence-corrected chi connectivity index (χ4v) is 3.36. The van der Waals surface area contributed by atoms with Gasteiger partial charge in [-0.25, -0.2) is 8.78 Å². The number of anilines is 1.